The molecule has 150 valence electrons. The molecule has 0 unspecified atom stereocenters. The lowest BCUT2D eigenvalue weighted by atomic mass is 10.0. The zero-order valence-electron chi connectivity index (χ0n) is 16.7. The van der Waals surface area contributed by atoms with E-state index in [-0.39, 0.29) is 12.1 Å². The molecule has 2 fully saturated rings. The maximum Gasteiger partial charge on any atom is 0.317 e. The highest BCUT2D eigenvalue weighted by atomic mass is 16.5. The maximum atomic E-state index is 12.4. The van der Waals surface area contributed by atoms with Crippen molar-refractivity contribution in [3.05, 3.63) is 29.8 Å². The number of hydrogen-bond acceptors (Lipinski definition) is 4. The second-order valence-electron chi connectivity index (χ2n) is 7.74. The third kappa shape index (κ3) is 6.40. The zero-order chi connectivity index (χ0) is 19.1. The molecule has 0 saturated carbocycles. The molecule has 0 bridgehead atoms. The molecular formula is C21H33N3O3. The number of aryl methyl sites for hydroxylation is 1. The highest BCUT2D eigenvalue weighted by molar-refractivity contribution is 5.74. The Bertz CT molecular complexity index is 579. The zero-order valence-corrected chi connectivity index (χ0v) is 16.7. The molecule has 1 aromatic carbocycles. The molecule has 2 amide bonds. The summed E-state index contributed by atoms with van der Waals surface area (Å²) in [4.78, 5) is 16.6. The quantitative estimate of drug-likeness (QED) is 0.796. The van der Waals surface area contributed by atoms with Gasteiger partial charge in [0, 0.05) is 39.3 Å². The molecule has 27 heavy (non-hydrogen) atoms. The lowest BCUT2D eigenvalue weighted by molar-refractivity contribution is 0.0628. The van der Waals surface area contributed by atoms with Gasteiger partial charge in [-0.25, -0.2) is 4.79 Å². The van der Waals surface area contributed by atoms with Gasteiger partial charge in [0.2, 0.25) is 0 Å². The fourth-order valence-corrected chi connectivity index (χ4v) is 3.66. The van der Waals surface area contributed by atoms with E-state index in [0.29, 0.717) is 19.3 Å². The molecule has 0 aliphatic carbocycles. The van der Waals surface area contributed by atoms with Gasteiger partial charge in [-0.2, -0.15) is 0 Å². The summed E-state index contributed by atoms with van der Waals surface area (Å²) in [5, 5.41) is 3.16. The summed E-state index contributed by atoms with van der Waals surface area (Å²) in [6.45, 7) is 7.13. The van der Waals surface area contributed by atoms with Gasteiger partial charge in [0.15, 0.2) is 0 Å². The lowest BCUT2D eigenvalue weighted by Crippen LogP contribution is -2.49. The van der Waals surface area contributed by atoms with E-state index in [1.165, 1.54) is 18.4 Å². The first kappa shape index (κ1) is 20.0. The summed E-state index contributed by atoms with van der Waals surface area (Å²) in [5.74, 6) is 0.841. The Hall–Kier alpha value is -1.79. The molecular weight excluding hydrogens is 342 g/mol. The molecule has 0 spiro atoms. The number of likely N-dealkylation sites (tertiary alicyclic amines) is 1. The van der Waals surface area contributed by atoms with E-state index in [0.717, 1.165) is 44.8 Å². The topological polar surface area (TPSA) is 54.0 Å². The van der Waals surface area contributed by atoms with Crippen LogP contribution < -0.4 is 10.1 Å². The number of nitrogens with zero attached hydrogens (tertiary/aromatic N) is 2. The van der Waals surface area contributed by atoms with Crippen LogP contribution in [0.2, 0.25) is 0 Å². The van der Waals surface area contributed by atoms with E-state index in [1.54, 1.807) is 4.90 Å². The van der Waals surface area contributed by atoms with Crippen LogP contribution >= 0.6 is 0 Å². The minimum atomic E-state index is -0.0138. The van der Waals surface area contributed by atoms with Crippen molar-refractivity contribution in [2.24, 2.45) is 0 Å². The minimum Gasteiger partial charge on any atom is -0.492 e. The van der Waals surface area contributed by atoms with Gasteiger partial charge < -0.3 is 24.6 Å². The van der Waals surface area contributed by atoms with Gasteiger partial charge in [0.25, 0.3) is 0 Å². The minimum absolute atomic E-state index is 0.0138. The summed E-state index contributed by atoms with van der Waals surface area (Å²) in [6, 6.07) is 8.21. The van der Waals surface area contributed by atoms with Gasteiger partial charge in [-0.15, -0.1) is 0 Å². The normalized spacial score (nSPS) is 21.2. The molecule has 6 nitrogen and oxygen atoms in total. The molecule has 2 saturated heterocycles. The summed E-state index contributed by atoms with van der Waals surface area (Å²) >= 11 is 0. The first-order valence-corrected chi connectivity index (χ1v) is 10.2. The van der Waals surface area contributed by atoms with E-state index in [9.17, 15) is 4.79 Å². The molecule has 2 aliphatic rings. The molecule has 1 atom stereocenters. The van der Waals surface area contributed by atoms with Crippen molar-refractivity contribution in [3.8, 4) is 5.75 Å². The maximum absolute atomic E-state index is 12.4. The number of benzene rings is 1. The molecule has 0 radical (unpaired) electrons. The Balaban J connectivity index is 1.30. The fourth-order valence-electron chi connectivity index (χ4n) is 3.66. The van der Waals surface area contributed by atoms with E-state index in [1.807, 2.05) is 31.3 Å². The van der Waals surface area contributed by atoms with Crippen LogP contribution in [0.15, 0.2) is 24.3 Å². The van der Waals surface area contributed by atoms with Crippen LogP contribution in [-0.4, -0.2) is 74.4 Å². The Morgan fingerprint density at radius 3 is 2.67 bits per heavy atom. The molecule has 1 aromatic rings. The SMILES string of the molecule is Cc1ccc(OCCN(C)C(=O)NC2CCN(C[C@H]3CCCO3)CC2)cc1. The Morgan fingerprint density at radius 1 is 1.26 bits per heavy atom. The van der Waals surface area contributed by atoms with Crippen molar-refractivity contribution in [1.29, 1.82) is 0 Å². The van der Waals surface area contributed by atoms with Gasteiger partial charge in [0.05, 0.1) is 12.6 Å². The number of hydrogen-bond donors (Lipinski definition) is 1. The van der Waals surface area contributed by atoms with Gasteiger partial charge in [0.1, 0.15) is 12.4 Å². The summed E-state index contributed by atoms with van der Waals surface area (Å²) in [7, 11) is 1.82. The number of amides is 2. The molecule has 2 heterocycles. The largest absolute Gasteiger partial charge is 0.492 e. The monoisotopic (exact) mass is 375 g/mol. The van der Waals surface area contributed by atoms with Gasteiger partial charge in [-0.1, -0.05) is 17.7 Å². The van der Waals surface area contributed by atoms with E-state index in [4.69, 9.17) is 9.47 Å². The standard InChI is InChI=1S/C21H33N3O3/c1-17-5-7-19(8-6-17)27-15-13-23(2)21(25)22-18-9-11-24(12-10-18)16-20-4-3-14-26-20/h5-8,18,20H,3-4,9-16H2,1-2H3,(H,22,25)/t20-/m1/s1. The number of nitrogens with one attached hydrogen (secondary N) is 1. The summed E-state index contributed by atoms with van der Waals surface area (Å²) < 4.78 is 11.4. The molecule has 0 aromatic heterocycles. The highest BCUT2D eigenvalue weighted by Crippen LogP contribution is 2.17. The second-order valence-corrected chi connectivity index (χ2v) is 7.74. The number of likely N-dealkylation sites (N-methyl/N-ethyl adjacent to an activating group) is 1. The van der Waals surface area contributed by atoms with Crippen molar-refractivity contribution >= 4 is 6.03 Å². The molecule has 2 aliphatic heterocycles. The van der Waals surface area contributed by atoms with Crippen molar-refractivity contribution in [2.45, 2.75) is 44.8 Å². The van der Waals surface area contributed by atoms with Crippen molar-refractivity contribution in [2.75, 3.05) is 46.4 Å². The summed E-state index contributed by atoms with van der Waals surface area (Å²) in [6.07, 6.45) is 4.80. The van der Waals surface area contributed by atoms with Gasteiger partial charge >= 0.3 is 6.03 Å². The average molecular weight is 376 g/mol. The van der Waals surface area contributed by atoms with Crippen molar-refractivity contribution in [3.63, 3.8) is 0 Å². The third-order valence-electron chi connectivity index (χ3n) is 5.46. The third-order valence-corrected chi connectivity index (χ3v) is 5.46. The van der Waals surface area contributed by atoms with E-state index < -0.39 is 0 Å². The van der Waals surface area contributed by atoms with Crippen LogP contribution in [0.25, 0.3) is 0 Å². The summed E-state index contributed by atoms with van der Waals surface area (Å²) in [5.41, 5.74) is 1.21. The van der Waals surface area contributed by atoms with E-state index >= 15 is 0 Å². The number of piperidine rings is 1. The van der Waals surface area contributed by atoms with Crippen LogP contribution in [0, 0.1) is 6.92 Å². The fraction of sp³-hybridized carbons (Fsp3) is 0.667. The van der Waals surface area contributed by atoms with Crippen LogP contribution in [0.4, 0.5) is 4.79 Å². The number of urea groups is 1. The number of carbonyl (C=O) groups excluding carboxylic acids is 1. The van der Waals surface area contributed by atoms with Crippen LogP contribution in [-0.2, 0) is 4.74 Å². The van der Waals surface area contributed by atoms with Crippen molar-refractivity contribution in [1.82, 2.24) is 15.1 Å². The van der Waals surface area contributed by atoms with Crippen LogP contribution in [0.3, 0.4) is 0 Å². The Morgan fingerprint density at radius 2 is 2.00 bits per heavy atom. The number of ether oxygens (including phenoxy) is 2. The highest BCUT2D eigenvalue weighted by Gasteiger charge is 2.25. The predicted octanol–water partition coefficient (Wildman–Crippen LogP) is 2.66. The van der Waals surface area contributed by atoms with Gasteiger partial charge in [-0.05, 0) is 44.7 Å². The van der Waals surface area contributed by atoms with Crippen molar-refractivity contribution < 1.29 is 14.3 Å². The first-order chi connectivity index (χ1) is 13.1. The Kier molecular flexibility index (Phi) is 7.35. The van der Waals surface area contributed by atoms with E-state index in [2.05, 4.69) is 17.1 Å². The number of carbonyl (C=O) groups is 1. The first-order valence-electron chi connectivity index (χ1n) is 10.2. The van der Waals surface area contributed by atoms with Crippen LogP contribution in [0.1, 0.15) is 31.2 Å². The molecule has 3 rings (SSSR count). The molecule has 6 heteroatoms. The number of rotatable bonds is 7. The second kappa shape index (κ2) is 9.95. The van der Waals surface area contributed by atoms with Gasteiger partial charge in [-0.3, -0.25) is 0 Å². The van der Waals surface area contributed by atoms with Crippen LogP contribution in [0.5, 0.6) is 5.75 Å². The molecule has 1 N–H and O–H groups in total. The average Bonchev–Trinajstić information content (AvgIpc) is 3.18. The smallest absolute Gasteiger partial charge is 0.317 e. The lowest BCUT2D eigenvalue weighted by Gasteiger charge is -2.34. The Labute approximate surface area is 162 Å². The predicted molar refractivity (Wildman–Crippen MR) is 106 cm³/mol.